The summed E-state index contributed by atoms with van der Waals surface area (Å²) >= 11 is -2.55. The average molecular weight is 1570 g/mol. The van der Waals surface area contributed by atoms with Crippen molar-refractivity contribution < 1.29 is 179 Å². The summed E-state index contributed by atoms with van der Waals surface area (Å²) in [6, 6.07) is 5.17. The van der Waals surface area contributed by atoms with Gasteiger partial charge in [0.25, 0.3) is 5.69 Å². The van der Waals surface area contributed by atoms with Gasteiger partial charge in [-0.05, 0) is 23.6 Å². The Bertz CT molecular complexity index is 2510. The van der Waals surface area contributed by atoms with E-state index >= 15 is 0 Å². The lowest BCUT2D eigenvalue weighted by Crippen LogP contribution is -2.60. The van der Waals surface area contributed by atoms with Crippen molar-refractivity contribution in [3.63, 3.8) is 0 Å². The topological polar surface area (TPSA) is 646 Å². The maximum Gasteiger partial charge on any atom is 0.305 e. The summed E-state index contributed by atoms with van der Waals surface area (Å²) in [5.41, 5.74) is -7.19. The Morgan fingerprint density at radius 3 is 0.673 bits per heavy atom. The van der Waals surface area contributed by atoms with Gasteiger partial charge in [-0.1, -0.05) is 25.5 Å². The van der Waals surface area contributed by atoms with Crippen molar-refractivity contribution in [1.29, 1.82) is 0 Å². The van der Waals surface area contributed by atoms with Crippen LogP contribution in [0.25, 0.3) is 0 Å². The molecule has 0 aliphatic heterocycles. The lowest BCUT2D eigenvalue weighted by atomic mass is 10.0. The Hall–Kier alpha value is -8.64. The number of nitrogens with one attached hydrogen (secondary N) is 4. The van der Waals surface area contributed by atoms with Crippen LogP contribution < -0.4 is 21.3 Å². The minimum Gasteiger partial charge on any atom is -0.768 e. The molecule has 0 radical (unpaired) electrons. The number of rotatable bonds is 69. The van der Waals surface area contributed by atoms with Crippen LogP contribution in [0.4, 0.5) is 5.69 Å². The van der Waals surface area contributed by atoms with E-state index in [0.717, 1.165) is 6.07 Å². The van der Waals surface area contributed by atoms with Crippen molar-refractivity contribution in [3.8, 4) is 0 Å². The summed E-state index contributed by atoms with van der Waals surface area (Å²) in [6.45, 7) is -8.79. The quantitative estimate of drug-likeness (QED) is 0.0162. The van der Waals surface area contributed by atoms with Crippen LogP contribution in [-0.2, 0) is 130 Å². The predicted octanol–water partition coefficient (Wildman–Crippen LogP) is -0.929. The maximum atomic E-state index is 13.8. The van der Waals surface area contributed by atoms with E-state index in [4.69, 9.17) is 56.8 Å². The number of amides is 4. The standard InChI is InChI=1S/C57H94N4O34.C6H5NO4S/c1-2-3-4-41(62)58-54(29-84-17-5-42(63)59-55(32-87-20-8-45(66)67,33-88-21-9-46(68)69)34-89-22-10-47(70)71,30-85-18-6-43(64)60-56(35-90-23-11-48(72)73,36-91-24-12-49(74)75)37-92-25-13-50(76)77)31-86-19-7-44(65)61-57(38-93-26-14-51(78)79,39-94-27-15-52(80)81)40-95-28-16-53(82)83;8-7(9)5-3-1-2-4-6(5)12(10)11/h2-40H2,1H3,(H,58,62)(H,59,63)(H,60,64)(H,61,65)(H,66,67)(H,68,69)(H,70,71)(H,72,73)(H,74,75)(H,76,77)(H,78,79)(H,80,81)(H,82,83);1-4H,(H,10,11)/p-1. The number of carbonyl (C=O) groups is 13. The largest absolute Gasteiger partial charge is 0.768 e. The molecule has 0 heterocycles. The van der Waals surface area contributed by atoms with Crippen LogP contribution >= 0.6 is 0 Å². The van der Waals surface area contributed by atoms with Crippen LogP contribution in [0.2, 0.25) is 0 Å². The van der Waals surface area contributed by atoms with Crippen molar-refractivity contribution in [2.75, 3.05) is 159 Å². The van der Waals surface area contributed by atoms with E-state index in [1.165, 1.54) is 18.2 Å². The lowest BCUT2D eigenvalue weighted by Gasteiger charge is -2.35. The average Bonchev–Trinajstić information content (AvgIpc) is 0.874. The van der Waals surface area contributed by atoms with Gasteiger partial charge < -0.3 is 129 Å². The van der Waals surface area contributed by atoms with E-state index < -0.39 is 297 Å². The number of hydrogen-bond acceptors (Lipinski definition) is 29. The van der Waals surface area contributed by atoms with E-state index in [2.05, 4.69) is 21.3 Å². The Balaban J connectivity index is 0.00000844. The van der Waals surface area contributed by atoms with E-state index in [-0.39, 0.29) is 70.8 Å². The highest BCUT2D eigenvalue weighted by atomic mass is 32.2. The van der Waals surface area contributed by atoms with Crippen molar-refractivity contribution in [2.45, 2.75) is 130 Å². The van der Waals surface area contributed by atoms with Gasteiger partial charge in [0.2, 0.25) is 23.6 Å². The number of nitrogens with zero attached hydrogens (tertiary/aromatic N) is 1. The Kier molecular flexibility index (Phi) is 52.9. The Morgan fingerprint density at radius 1 is 0.336 bits per heavy atom. The fourth-order valence-electron chi connectivity index (χ4n) is 8.59. The van der Waals surface area contributed by atoms with E-state index in [0.29, 0.717) is 12.8 Å². The molecule has 13 N–H and O–H groups in total. The molecule has 1 aromatic rings. The normalized spacial score (nSPS) is 11.8. The molecule has 1 unspecified atom stereocenters. The smallest absolute Gasteiger partial charge is 0.305 e. The minimum atomic E-state index is -2.55. The Morgan fingerprint density at radius 2 is 0.514 bits per heavy atom. The molecule has 1 aromatic carbocycles. The molecule has 43 nitrogen and oxygen atoms in total. The van der Waals surface area contributed by atoms with Gasteiger partial charge in [0.15, 0.2) is 0 Å². The first-order chi connectivity index (χ1) is 50.6. The highest BCUT2D eigenvalue weighted by Crippen LogP contribution is 2.21. The monoisotopic (exact) mass is 1560 g/mol. The van der Waals surface area contributed by atoms with Crippen molar-refractivity contribution >= 4 is 94.1 Å². The highest BCUT2D eigenvalue weighted by Gasteiger charge is 2.39. The number of carboxylic acid groups (broad SMARTS) is 9. The zero-order valence-electron chi connectivity index (χ0n) is 59.1. The van der Waals surface area contributed by atoms with E-state index in [1.807, 2.05) is 0 Å². The molecule has 0 spiro atoms. The van der Waals surface area contributed by atoms with Gasteiger partial charge in [-0.3, -0.25) is 76.7 Å². The summed E-state index contributed by atoms with van der Waals surface area (Å²) in [4.78, 5) is 166. The second-order valence-electron chi connectivity index (χ2n) is 23.6. The third-order valence-corrected chi connectivity index (χ3v) is 14.4. The number of hydrogen-bond donors (Lipinski definition) is 13. The molecule has 44 heteroatoms. The van der Waals surface area contributed by atoms with Crippen LogP contribution in [0, 0.1) is 10.1 Å². The van der Waals surface area contributed by atoms with Gasteiger partial charge in [-0.2, -0.15) is 0 Å². The molecule has 0 aliphatic carbocycles. The van der Waals surface area contributed by atoms with Gasteiger partial charge in [0.1, 0.15) is 27.1 Å². The summed E-state index contributed by atoms with van der Waals surface area (Å²) in [5, 5.41) is 104. The van der Waals surface area contributed by atoms with Crippen molar-refractivity contribution in [2.24, 2.45) is 0 Å². The number of carboxylic acids is 9. The van der Waals surface area contributed by atoms with Crippen molar-refractivity contribution in [1.82, 2.24) is 21.3 Å². The minimum absolute atomic E-state index is 0.0649. The van der Waals surface area contributed by atoms with Gasteiger partial charge >= 0.3 is 53.7 Å². The summed E-state index contributed by atoms with van der Waals surface area (Å²) in [6.07, 6.45) is -4.84. The molecular weight excluding hydrogens is 1470 g/mol. The molecule has 610 valence electrons. The van der Waals surface area contributed by atoms with Crippen LogP contribution in [0.1, 0.15) is 103 Å². The fraction of sp³-hybridized carbons (Fsp3) is 0.698. The number of para-hydroxylation sites is 1. The highest BCUT2D eigenvalue weighted by molar-refractivity contribution is 7.79. The molecule has 0 aromatic heterocycles. The van der Waals surface area contributed by atoms with Gasteiger partial charge in [0, 0.05) is 31.7 Å². The second kappa shape index (κ2) is 57.5. The zero-order valence-corrected chi connectivity index (χ0v) is 59.9. The summed E-state index contributed by atoms with van der Waals surface area (Å²) in [7, 11) is 0. The molecule has 0 saturated heterocycles. The first-order valence-electron chi connectivity index (χ1n) is 33.1. The molecule has 0 aliphatic rings. The number of carbonyl (C=O) groups excluding carboxylic acids is 4. The summed E-state index contributed by atoms with van der Waals surface area (Å²) in [5.74, 6) is -14.0. The Labute approximate surface area is 615 Å². The number of nitro groups is 1. The number of aliphatic carboxylic acids is 9. The maximum absolute atomic E-state index is 13.8. The van der Waals surface area contributed by atoms with Gasteiger partial charge in [0.05, 0.1) is 221 Å². The molecule has 4 amide bonds. The van der Waals surface area contributed by atoms with Crippen molar-refractivity contribution in [3.05, 3.63) is 34.4 Å². The molecular formula is C63H98N5O38S-. The first kappa shape index (κ1) is 98.4. The zero-order chi connectivity index (χ0) is 80.5. The molecule has 1 atom stereocenters. The lowest BCUT2D eigenvalue weighted by molar-refractivity contribution is -0.387. The van der Waals surface area contributed by atoms with E-state index in [9.17, 15) is 127 Å². The third kappa shape index (κ3) is 52.1. The molecule has 0 saturated carbocycles. The van der Waals surface area contributed by atoms with E-state index in [1.54, 1.807) is 6.92 Å². The SMILES string of the molecule is CCCCC(=O)NC(COCCC(=O)NC(COCCC(=O)O)(COCCC(=O)O)COCCC(=O)O)(COCCC(=O)NC(COCCC(=O)O)(COCCC(=O)O)COCCC(=O)O)COCCC(=O)NC(COCCC(=O)O)(COCCC(=O)O)COCCC(=O)O.O=[N+]([O-])c1ccccc1S(=O)[O-]. The van der Waals surface area contributed by atoms with Crippen LogP contribution in [-0.4, -0.2) is 318 Å². The van der Waals surface area contributed by atoms with Gasteiger partial charge in [-0.15, -0.1) is 0 Å². The van der Waals surface area contributed by atoms with Gasteiger partial charge in [-0.25, -0.2) is 0 Å². The fourth-order valence-corrected chi connectivity index (χ4v) is 9.10. The van der Waals surface area contributed by atoms with Crippen LogP contribution in [0.15, 0.2) is 29.2 Å². The van der Waals surface area contributed by atoms with Crippen LogP contribution in [0.3, 0.4) is 0 Å². The van der Waals surface area contributed by atoms with Crippen LogP contribution in [0.5, 0.6) is 0 Å². The number of unbranched alkanes of at least 4 members (excludes halogenated alkanes) is 1. The number of benzene rings is 1. The molecule has 1 rings (SSSR count). The number of nitro benzene ring substituents is 1. The molecule has 107 heavy (non-hydrogen) atoms. The molecule has 0 bridgehead atoms. The third-order valence-electron chi connectivity index (χ3n) is 13.7. The second-order valence-corrected chi connectivity index (χ2v) is 24.5. The molecule has 0 fully saturated rings. The predicted molar refractivity (Wildman–Crippen MR) is 357 cm³/mol. The first-order valence-corrected chi connectivity index (χ1v) is 34.2. The number of ether oxygens (including phenoxy) is 12. The summed E-state index contributed by atoms with van der Waals surface area (Å²) < 4.78 is 89.0.